The van der Waals surface area contributed by atoms with Gasteiger partial charge in [0.15, 0.2) is 0 Å². The zero-order chi connectivity index (χ0) is 14.2. The van der Waals surface area contributed by atoms with E-state index < -0.39 is 0 Å². The van der Waals surface area contributed by atoms with Gasteiger partial charge in [-0.1, -0.05) is 38.1 Å². The Labute approximate surface area is 122 Å². The van der Waals surface area contributed by atoms with Crippen LogP contribution in [0.1, 0.15) is 43.6 Å². The lowest BCUT2D eigenvalue weighted by Crippen LogP contribution is -2.13. The first-order chi connectivity index (χ1) is 9.83. The molecule has 0 bridgehead atoms. The van der Waals surface area contributed by atoms with Gasteiger partial charge in [0.05, 0.1) is 0 Å². The SMILES string of the molecule is CCCNCc1ccc(Cc2nccn2CCC)cc1. The quantitative estimate of drug-likeness (QED) is 0.746. The molecule has 0 fully saturated rings. The van der Waals surface area contributed by atoms with Crippen molar-refractivity contribution in [1.29, 1.82) is 0 Å². The molecular weight excluding hydrogens is 246 g/mol. The number of benzene rings is 1. The molecule has 1 aromatic heterocycles. The highest BCUT2D eigenvalue weighted by Gasteiger charge is 2.03. The fourth-order valence-corrected chi connectivity index (χ4v) is 2.32. The maximum absolute atomic E-state index is 4.46. The lowest BCUT2D eigenvalue weighted by atomic mass is 10.1. The fraction of sp³-hybridized carbons (Fsp3) is 0.471. The highest BCUT2D eigenvalue weighted by atomic mass is 15.1. The third-order valence-electron chi connectivity index (χ3n) is 3.41. The molecule has 0 unspecified atom stereocenters. The molecule has 1 heterocycles. The van der Waals surface area contributed by atoms with Gasteiger partial charge in [-0.05, 0) is 30.5 Å². The summed E-state index contributed by atoms with van der Waals surface area (Å²) in [6.45, 7) is 7.47. The Hall–Kier alpha value is -1.61. The van der Waals surface area contributed by atoms with Crippen LogP contribution in [0.3, 0.4) is 0 Å². The number of nitrogens with zero attached hydrogens (tertiary/aromatic N) is 2. The molecule has 0 saturated heterocycles. The summed E-state index contributed by atoms with van der Waals surface area (Å²) in [5.74, 6) is 1.16. The van der Waals surface area contributed by atoms with Crippen LogP contribution in [0.2, 0.25) is 0 Å². The maximum atomic E-state index is 4.46. The molecule has 0 aliphatic rings. The van der Waals surface area contributed by atoms with Crippen molar-refractivity contribution < 1.29 is 0 Å². The molecule has 0 radical (unpaired) electrons. The molecule has 0 amide bonds. The molecule has 1 N–H and O–H groups in total. The summed E-state index contributed by atoms with van der Waals surface area (Å²) < 4.78 is 2.25. The molecule has 1 aromatic carbocycles. The third-order valence-corrected chi connectivity index (χ3v) is 3.41. The second-order valence-corrected chi connectivity index (χ2v) is 5.21. The number of nitrogens with one attached hydrogen (secondary N) is 1. The molecule has 3 heteroatoms. The largest absolute Gasteiger partial charge is 0.335 e. The van der Waals surface area contributed by atoms with Crippen molar-refractivity contribution in [2.75, 3.05) is 6.54 Å². The van der Waals surface area contributed by atoms with Crippen LogP contribution in [-0.4, -0.2) is 16.1 Å². The van der Waals surface area contributed by atoms with E-state index in [1.807, 2.05) is 6.20 Å². The lowest BCUT2D eigenvalue weighted by molar-refractivity contribution is 0.646. The van der Waals surface area contributed by atoms with Gasteiger partial charge in [-0.3, -0.25) is 0 Å². The molecule has 0 aliphatic heterocycles. The van der Waals surface area contributed by atoms with E-state index in [1.54, 1.807) is 0 Å². The molecular formula is C17H25N3. The van der Waals surface area contributed by atoms with E-state index in [0.29, 0.717) is 0 Å². The molecule has 0 atom stereocenters. The minimum absolute atomic E-state index is 0.912. The van der Waals surface area contributed by atoms with Crippen molar-refractivity contribution in [2.24, 2.45) is 0 Å². The lowest BCUT2D eigenvalue weighted by Gasteiger charge is -2.08. The second kappa shape index (κ2) is 7.85. The average Bonchev–Trinajstić information content (AvgIpc) is 2.89. The average molecular weight is 271 g/mol. The van der Waals surface area contributed by atoms with Gasteiger partial charge in [0.25, 0.3) is 0 Å². The number of hydrogen-bond acceptors (Lipinski definition) is 2. The second-order valence-electron chi connectivity index (χ2n) is 5.21. The molecule has 20 heavy (non-hydrogen) atoms. The van der Waals surface area contributed by atoms with Crippen molar-refractivity contribution in [2.45, 2.75) is 46.2 Å². The van der Waals surface area contributed by atoms with Gasteiger partial charge in [-0.2, -0.15) is 0 Å². The number of rotatable bonds is 8. The highest BCUT2D eigenvalue weighted by molar-refractivity contribution is 5.25. The van der Waals surface area contributed by atoms with Crippen LogP contribution in [0.5, 0.6) is 0 Å². The number of hydrogen-bond donors (Lipinski definition) is 1. The van der Waals surface area contributed by atoms with Gasteiger partial charge in [0.1, 0.15) is 5.82 Å². The van der Waals surface area contributed by atoms with E-state index in [-0.39, 0.29) is 0 Å². The van der Waals surface area contributed by atoms with Crippen LogP contribution < -0.4 is 5.32 Å². The van der Waals surface area contributed by atoms with Gasteiger partial charge in [-0.25, -0.2) is 4.98 Å². The smallest absolute Gasteiger partial charge is 0.113 e. The predicted octanol–water partition coefficient (Wildman–Crippen LogP) is 3.38. The minimum atomic E-state index is 0.912. The summed E-state index contributed by atoms with van der Waals surface area (Å²) in [4.78, 5) is 4.46. The van der Waals surface area contributed by atoms with Crippen LogP contribution >= 0.6 is 0 Å². The summed E-state index contributed by atoms with van der Waals surface area (Å²) in [6.07, 6.45) is 7.20. The first-order valence-corrected chi connectivity index (χ1v) is 7.62. The Balaban J connectivity index is 1.94. The van der Waals surface area contributed by atoms with Gasteiger partial charge < -0.3 is 9.88 Å². The third kappa shape index (κ3) is 4.20. The fourth-order valence-electron chi connectivity index (χ4n) is 2.32. The first-order valence-electron chi connectivity index (χ1n) is 7.62. The van der Waals surface area contributed by atoms with Gasteiger partial charge in [0, 0.05) is 31.9 Å². The Morgan fingerprint density at radius 1 is 1.05 bits per heavy atom. The van der Waals surface area contributed by atoms with Gasteiger partial charge in [0.2, 0.25) is 0 Å². The van der Waals surface area contributed by atoms with Gasteiger partial charge >= 0.3 is 0 Å². The summed E-state index contributed by atoms with van der Waals surface area (Å²) in [6, 6.07) is 8.86. The van der Waals surface area contributed by atoms with E-state index in [0.717, 1.165) is 38.3 Å². The Kier molecular flexibility index (Phi) is 5.81. The molecule has 0 saturated carbocycles. The molecule has 2 aromatic rings. The molecule has 108 valence electrons. The minimum Gasteiger partial charge on any atom is -0.335 e. The van der Waals surface area contributed by atoms with Crippen LogP contribution in [0, 0.1) is 0 Å². The summed E-state index contributed by atoms with van der Waals surface area (Å²) >= 11 is 0. The van der Waals surface area contributed by atoms with Crippen LogP contribution in [0.4, 0.5) is 0 Å². The molecule has 0 spiro atoms. The molecule has 0 aliphatic carbocycles. The Morgan fingerprint density at radius 3 is 2.50 bits per heavy atom. The summed E-state index contributed by atoms with van der Waals surface area (Å²) in [5.41, 5.74) is 2.67. The van der Waals surface area contributed by atoms with E-state index in [9.17, 15) is 0 Å². The van der Waals surface area contributed by atoms with Crippen molar-refractivity contribution in [3.63, 3.8) is 0 Å². The summed E-state index contributed by atoms with van der Waals surface area (Å²) in [7, 11) is 0. The van der Waals surface area contributed by atoms with Crippen LogP contribution in [0.15, 0.2) is 36.7 Å². The zero-order valence-electron chi connectivity index (χ0n) is 12.6. The van der Waals surface area contributed by atoms with E-state index in [2.05, 4.69) is 59.2 Å². The molecule has 2 rings (SSSR count). The van der Waals surface area contributed by atoms with Gasteiger partial charge in [-0.15, -0.1) is 0 Å². The van der Waals surface area contributed by atoms with Crippen molar-refractivity contribution in [3.05, 3.63) is 53.6 Å². The number of aromatic nitrogens is 2. The van der Waals surface area contributed by atoms with Crippen LogP contribution in [-0.2, 0) is 19.5 Å². The van der Waals surface area contributed by atoms with Crippen molar-refractivity contribution >= 4 is 0 Å². The first kappa shape index (κ1) is 14.8. The predicted molar refractivity (Wildman–Crippen MR) is 83.8 cm³/mol. The maximum Gasteiger partial charge on any atom is 0.113 e. The van der Waals surface area contributed by atoms with Crippen molar-refractivity contribution in [3.8, 4) is 0 Å². The highest BCUT2D eigenvalue weighted by Crippen LogP contribution is 2.10. The monoisotopic (exact) mass is 271 g/mol. The van der Waals surface area contributed by atoms with E-state index >= 15 is 0 Å². The normalized spacial score (nSPS) is 10.9. The summed E-state index contributed by atoms with van der Waals surface area (Å²) in [5, 5.41) is 3.43. The van der Waals surface area contributed by atoms with E-state index in [4.69, 9.17) is 0 Å². The van der Waals surface area contributed by atoms with E-state index in [1.165, 1.54) is 17.5 Å². The number of imidazole rings is 1. The topological polar surface area (TPSA) is 29.9 Å². The molecule has 3 nitrogen and oxygen atoms in total. The Morgan fingerprint density at radius 2 is 1.80 bits per heavy atom. The standard InChI is InChI=1S/C17H25N3/c1-3-9-18-14-16-7-5-15(6-8-16)13-17-19-10-12-20(17)11-4-2/h5-8,10,12,18H,3-4,9,11,13-14H2,1-2H3. The Bertz CT molecular complexity index is 499. The van der Waals surface area contributed by atoms with Crippen molar-refractivity contribution in [1.82, 2.24) is 14.9 Å². The number of aryl methyl sites for hydroxylation is 1. The van der Waals surface area contributed by atoms with Crippen LogP contribution in [0.25, 0.3) is 0 Å². The zero-order valence-corrected chi connectivity index (χ0v) is 12.6.